The fourth-order valence-electron chi connectivity index (χ4n) is 2.83. The third-order valence-corrected chi connectivity index (χ3v) is 3.86. The average Bonchev–Trinajstić information content (AvgIpc) is 2.35. The zero-order valence-electron chi connectivity index (χ0n) is 12.5. The van der Waals surface area contributed by atoms with Crippen LogP contribution in [0, 0.1) is 5.41 Å². The Labute approximate surface area is 124 Å². The van der Waals surface area contributed by atoms with E-state index in [1.807, 2.05) is 32.0 Å². The minimum absolute atomic E-state index is 0.0436. The normalized spacial score (nSPS) is 16.0. The molecule has 4 N–H and O–H groups in total. The fourth-order valence-corrected chi connectivity index (χ4v) is 2.83. The van der Waals surface area contributed by atoms with E-state index < -0.39 is 5.97 Å². The molecule has 2 rings (SSSR count). The summed E-state index contributed by atoms with van der Waals surface area (Å²) < 4.78 is 0. The van der Waals surface area contributed by atoms with Crippen LogP contribution in [0.2, 0.25) is 0 Å². The molecule has 0 aliphatic carbocycles. The van der Waals surface area contributed by atoms with Crippen molar-refractivity contribution in [1.29, 1.82) is 0 Å². The maximum Gasteiger partial charge on any atom is 0.303 e. The van der Waals surface area contributed by atoms with Gasteiger partial charge in [-0.2, -0.15) is 0 Å². The molecule has 0 saturated carbocycles. The van der Waals surface area contributed by atoms with Gasteiger partial charge in [-0.15, -0.1) is 0 Å². The third-order valence-electron chi connectivity index (χ3n) is 3.86. The SMILES string of the molecule is CC(C)(CC(=O)O)CC(N)c1ccc2c(c1)CCC(=O)N2. The van der Waals surface area contributed by atoms with E-state index in [2.05, 4.69) is 5.32 Å². The summed E-state index contributed by atoms with van der Waals surface area (Å²) in [6.45, 7) is 3.83. The molecule has 1 heterocycles. The number of hydrogen-bond acceptors (Lipinski definition) is 3. The van der Waals surface area contributed by atoms with Gasteiger partial charge in [-0.05, 0) is 35.4 Å². The second kappa shape index (κ2) is 5.85. The zero-order chi connectivity index (χ0) is 15.6. The van der Waals surface area contributed by atoms with Crippen LogP contribution in [0.3, 0.4) is 0 Å². The summed E-state index contributed by atoms with van der Waals surface area (Å²) in [5, 5.41) is 11.8. The second-order valence-corrected chi connectivity index (χ2v) is 6.51. The molecule has 0 fully saturated rings. The number of anilines is 1. The van der Waals surface area contributed by atoms with Crippen LogP contribution >= 0.6 is 0 Å². The Bertz CT molecular complexity index is 567. The van der Waals surface area contributed by atoms with Crippen LogP contribution in [0.1, 0.15) is 50.3 Å². The molecule has 1 aromatic rings. The highest BCUT2D eigenvalue weighted by Crippen LogP contribution is 2.33. The Balaban J connectivity index is 2.11. The number of hydrogen-bond donors (Lipinski definition) is 3. The first-order valence-corrected chi connectivity index (χ1v) is 7.17. The van der Waals surface area contributed by atoms with E-state index in [9.17, 15) is 9.59 Å². The molecule has 1 amide bonds. The van der Waals surface area contributed by atoms with E-state index in [0.29, 0.717) is 12.8 Å². The first-order chi connectivity index (χ1) is 9.77. The van der Waals surface area contributed by atoms with Gasteiger partial charge >= 0.3 is 5.97 Å². The number of carboxylic acids is 1. The van der Waals surface area contributed by atoms with Gasteiger partial charge in [0, 0.05) is 18.2 Å². The molecule has 1 unspecified atom stereocenters. The van der Waals surface area contributed by atoms with Crippen molar-refractivity contribution in [3.05, 3.63) is 29.3 Å². The Kier molecular flexibility index (Phi) is 4.32. The largest absolute Gasteiger partial charge is 0.481 e. The molecule has 0 radical (unpaired) electrons. The van der Waals surface area contributed by atoms with Crippen LogP contribution in [0.5, 0.6) is 0 Å². The third kappa shape index (κ3) is 4.04. The molecule has 0 aromatic heterocycles. The maximum absolute atomic E-state index is 11.3. The van der Waals surface area contributed by atoms with Gasteiger partial charge in [0.25, 0.3) is 0 Å². The predicted molar refractivity (Wildman–Crippen MR) is 81.0 cm³/mol. The number of carbonyl (C=O) groups excluding carboxylic acids is 1. The number of aryl methyl sites for hydroxylation is 1. The van der Waals surface area contributed by atoms with Crippen LogP contribution < -0.4 is 11.1 Å². The number of amides is 1. The molecule has 0 saturated heterocycles. The number of carboxylic acid groups (broad SMARTS) is 1. The molecule has 5 nitrogen and oxygen atoms in total. The standard InChI is InChI=1S/C16H22N2O3/c1-16(2,9-15(20)21)8-12(17)10-3-5-13-11(7-10)4-6-14(19)18-13/h3,5,7,12H,4,6,8-9,17H2,1-2H3,(H,18,19)(H,20,21). The summed E-state index contributed by atoms with van der Waals surface area (Å²) in [5.74, 6) is -0.762. The lowest BCUT2D eigenvalue weighted by Crippen LogP contribution is -2.24. The van der Waals surface area contributed by atoms with Crippen molar-refractivity contribution in [3.8, 4) is 0 Å². The minimum Gasteiger partial charge on any atom is -0.481 e. The fraction of sp³-hybridized carbons (Fsp3) is 0.500. The quantitative estimate of drug-likeness (QED) is 0.776. The molecule has 0 bridgehead atoms. The van der Waals surface area contributed by atoms with Crippen molar-refractivity contribution >= 4 is 17.6 Å². The first kappa shape index (κ1) is 15.5. The molecule has 1 aliphatic rings. The molecule has 1 atom stereocenters. The summed E-state index contributed by atoms with van der Waals surface area (Å²) in [4.78, 5) is 22.2. The van der Waals surface area contributed by atoms with E-state index in [1.165, 1.54) is 0 Å². The van der Waals surface area contributed by atoms with E-state index in [0.717, 1.165) is 23.2 Å². The molecular weight excluding hydrogens is 268 g/mol. The van der Waals surface area contributed by atoms with E-state index in [4.69, 9.17) is 10.8 Å². The van der Waals surface area contributed by atoms with Crippen molar-refractivity contribution in [3.63, 3.8) is 0 Å². The van der Waals surface area contributed by atoms with E-state index in [1.54, 1.807) is 0 Å². The Morgan fingerprint density at radius 2 is 2.14 bits per heavy atom. The summed E-state index contributed by atoms with van der Waals surface area (Å²) >= 11 is 0. The number of carbonyl (C=O) groups is 2. The lowest BCUT2D eigenvalue weighted by atomic mass is 9.80. The molecule has 1 aromatic carbocycles. The Hall–Kier alpha value is -1.88. The van der Waals surface area contributed by atoms with Gasteiger partial charge in [0.2, 0.25) is 5.91 Å². The second-order valence-electron chi connectivity index (χ2n) is 6.51. The lowest BCUT2D eigenvalue weighted by Gasteiger charge is -2.27. The Morgan fingerprint density at radius 1 is 1.43 bits per heavy atom. The van der Waals surface area contributed by atoms with Crippen LogP contribution in [0.25, 0.3) is 0 Å². The number of aliphatic carboxylic acids is 1. The molecular formula is C16H22N2O3. The number of nitrogens with two attached hydrogens (primary N) is 1. The van der Waals surface area contributed by atoms with Gasteiger partial charge in [0.05, 0.1) is 6.42 Å². The topological polar surface area (TPSA) is 92.4 Å². The van der Waals surface area contributed by atoms with Crippen molar-refractivity contribution in [2.75, 3.05) is 5.32 Å². The van der Waals surface area contributed by atoms with Crippen LogP contribution in [-0.4, -0.2) is 17.0 Å². The average molecular weight is 290 g/mol. The smallest absolute Gasteiger partial charge is 0.303 e. The van der Waals surface area contributed by atoms with Gasteiger partial charge in [-0.3, -0.25) is 9.59 Å². The molecule has 1 aliphatic heterocycles. The number of rotatable bonds is 5. The van der Waals surface area contributed by atoms with Gasteiger partial charge < -0.3 is 16.2 Å². The highest BCUT2D eigenvalue weighted by atomic mass is 16.4. The number of fused-ring (bicyclic) bond motifs is 1. The summed E-state index contributed by atoms with van der Waals surface area (Å²) in [6, 6.07) is 5.61. The number of nitrogens with one attached hydrogen (secondary N) is 1. The number of benzene rings is 1. The van der Waals surface area contributed by atoms with E-state index in [-0.39, 0.29) is 23.8 Å². The zero-order valence-corrected chi connectivity index (χ0v) is 12.5. The first-order valence-electron chi connectivity index (χ1n) is 7.17. The van der Waals surface area contributed by atoms with Crippen molar-refractivity contribution in [1.82, 2.24) is 0 Å². The van der Waals surface area contributed by atoms with E-state index >= 15 is 0 Å². The van der Waals surface area contributed by atoms with Crippen molar-refractivity contribution in [2.24, 2.45) is 11.1 Å². The Morgan fingerprint density at radius 3 is 2.81 bits per heavy atom. The summed E-state index contributed by atoms with van der Waals surface area (Å²) in [7, 11) is 0. The molecule has 0 spiro atoms. The predicted octanol–water partition coefficient (Wildman–Crippen LogP) is 2.46. The van der Waals surface area contributed by atoms with Gasteiger partial charge in [0.15, 0.2) is 0 Å². The van der Waals surface area contributed by atoms with Crippen LogP contribution in [0.15, 0.2) is 18.2 Å². The van der Waals surface area contributed by atoms with Gasteiger partial charge in [-0.1, -0.05) is 26.0 Å². The monoisotopic (exact) mass is 290 g/mol. The van der Waals surface area contributed by atoms with Gasteiger partial charge in [0.1, 0.15) is 0 Å². The molecule has 21 heavy (non-hydrogen) atoms. The molecule has 114 valence electrons. The van der Waals surface area contributed by atoms with Crippen LogP contribution in [0.4, 0.5) is 5.69 Å². The highest BCUT2D eigenvalue weighted by molar-refractivity contribution is 5.93. The maximum atomic E-state index is 11.3. The van der Waals surface area contributed by atoms with Crippen LogP contribution in [-0.2, 0) is 16.0 Å². The van der Waals surface area contributed by atoms with Crippen molar-refractivity contribution < 1.29 is 14.7 Å². The van der Waals surface area contributed by atoms with Crippen molar-refractivity contribution in [2.45, 2.75) is 45.6 Å². The lowest BCUT2D eigenvalue weighted by molar-refractivity contribution is -0.139. The molecule has 5 heteroatoms. The van der Waals surface area contributed by atoms with Gasteiger partial charge in [-0.25, -0.2) is 0 Å². The summed E-state index contributed by atoms with van der Waals surface area (Å²) in [5.41, 5.74) is 8.82. The summed E-state index contributed by atoms with van der Waals surface area (Å²) in [6.07, 6.45) is 1.92. The minimum atomic E-state index is -0.805. The highest BCUT2D eigenvalue weighted by Gasteiger charge is 2.26.